The molecule has 1 aromatic carbocycles. The molecular weight excluding hydrogens is 422 g/mol. The van der Waals surface area contributed by atoms with Crippen LogP contribution in [0, 0.1) is 17.8 Å². The summed E-state index contributed by atoms with van der Waals surface area (Å²) >= 11 is 0. The molecule has 0 aliphatic carbocycles. The van der Waals surface area contributed by atoms with Gasteiger partial charge < -0.3 is 15.5 Å². The molecule has 1 aliphatic heterocycles. The van der Waals surface area contributed by atoms with Gasteiger partial charge in [-0.15, -0.1) is 0 Å². The standard InChI is InChI=1S/C24H33N5O4/c1-15(2)11-28(20-21(25)29(12-16(3)4)24(33)26-22(20)31)23(32)18-10-19(30)27(14-18)13-17-8-6-5-7-9-17/h5-9,15-16,18H,10-14,25H2,1-4H3,(H,26,31,33). The number of rotatable bonds is 8. The van der Waals surface area contributed by atoms with Gasteiger partial charge in [-0.2, -0.15) is 0 Å². The van der Waals surface area contributed by atoms with Crippen LogP contribution in [-0.4, -0.2) is 39.4 Å². The molecule has 9 nitrogen and oxygen atoms in total. The Balaban J connectivity index is 1.92. The van der Waals surface area contributed by atoms with Gasteiger partial charge in [-0.3, -0.25) is 23.9 Å². The molecule has 1 unspecified atom stereocenters. The van der Waals surface area contributed by atoms with Gasteiger partial charge in [0.1, 0.15) is 5.82 Å². The summed E-state index contributed by atoms with van der Waals surface area (Å²) in [5.74, 6) is -0.915. The maximum Gasteiger partial charge on any atom is 0.330 e. The third-order valence-corrected chi connectivity index (χ3v) is 5.63. The molecule has 9 heteroatoms. The van der Waals surface area contributed by atoms with Crippen LogP contribution in [-0.2, 0) is 22.7 Å². The number of amides is 2. The molecule has 1 atom stereocenters. The number of nitrogens with two attached hydrogens (primary N) is 1. The van der Waals surface area contributed by atoms with Crippen molar-refractivity contribution in [1.82, 2.24) is 14.5 Å². The van der Waals surface area contributed by atoms with Gasteiger partial charge in [0, 0.05) is 32.6 Å². The first-order chi connectivity index (χ1) is 15.6. The van der Waals surface area contributed by atoms with E-state index in [0.717, 1.165) is 5.56 Å². The Morgan fingerprint density at radius 3 is 2.39 bits per heavy atom. The van der Waals surface area contributed by atoms with Crippen LogP contribution in [0.5, 0.6) is 0 Å². The molecule has 3 rings (SSSR count). The first-order valence-corrected chi connectivity index (χ1v) is 11.3. The minimum atomic E-state index is -0.697. The van der Waals surface area contributed by atoms with E-state index in [0.29, 0.717) is 13.1 Å². The number of anilines is 2. The molecule has 178 valence electrons. The SMILES string of the molecule is CC(C)CN(C(=O)C1CC(=O)N(Cc2ccccc2)C1)c1c(N)n(CC(C)C)c(=O)[nH]c1=O. The van der Waals surface area contributed by atoms with Gasteiger partial charge in [0.15, 0.2) is 5.69 Å². The molecule has 33 heavy (non-hydrogen) atoms. The Morgan fingerprint density at radius 2 is 1.79 bits per heavy atom. The number of hydrogen-bond acceptors (Lipinski definition) is 5. The third kappa shape index (κ3) is 5.53. The lowest BCUT2D eigenvalue weighted by molar-refractivity contribution is -0.128. The van der Waals surface area contributed by atoms with Crippen molar-refractivity contribution in [3.63, 3.8) is 0 Å². The van der Waals surface area contributed by atoms with Crippen LogP contribution in [0.25, 0.3) is 0 Å². The van der Waals surface area contributed by atoms with Gasteiger partial charge >= 0.3 is 5.69 Å². The predicted molar refractivity (Wildman–Crippen MR) is 128 cm³/mol. The quantitative estimate of drug-likeness (QED) is 0.629. The molecule has 2 heterocycles. The Kier molecular flexibility index (Phi) is 7.40. The van der Waals surface area contributed by atoms with E-state index in [9.17, 15) is 19.2 Å². The summed E-state index contributed by atoms with van der Waals surface area (Å²) in [6.45, 7) is 8.96. The molecule has 3 N–H and O–H groups in total. The Bertz CT molecular complexity index is 1120. The molecule has 1 saturated heterocycles. The van der Waals surface area contributed by atoms with Crippen molar-refractivity contribution in [2.24, 2.45) is 17.8 Å². The smallest absolute Gasteiger partial charge is 0.330 e. The van der Waals surface area contributed by atoms with E-state index < -0.39 is 17.2 Å². The van der Waals surface area contributed by atoms with E-state index in [-0.39, 0.29) is 54.7 Å². The van der Waals surface area contributed by atoms with Gasteiger partial charge in [-0.1, -0.05) is 58.0 Å². The third-order valence-electron chi connectivity index (χ3n) is 5.63. The van der Waals surface area contributed by atoms with Crippen LogP contribution in [0.4, 0.5) is 11.5 Å². The molecule has 0 bridgehead atoms. The van der Waals surface area contributed by atoms with Crippen molar-refractivity contribution < 1.29 is 9.59 Å². The van der Waals surface area contributed by atoms with E-state index in [4.69, 9.17) is 5.73 Å². The number of likely N-dealkylation sites (tertiary alicyclic amines) is 1. The number of aromatic amines is 1. The second-order valence-corrected chi connectivity index (χ2v) is 9.50. The minimum Gasteiger partial charge on any atom is -0.383 e. The Labute approximate surface area is 193 Å². The summed E-state index contributed by atoms with van der Waals surface area (Å²) in [7, 11) is 0. The highest BCUT2D eigenvalue weighted by Gasteiger charge is 2.38. The second kappa shape index (κ2) is 10.1. The predicted octanol–water partition coefficient (Wildman–Crippen LogP) is 1.81. The number of aromatic nitrogens is 2. The number of nitrogens with zero attached hydrogens (tertiary/aromatic N) is 3. The van der Waals surface area contributed by atoms with Crippen molar-refractivity contribution in [1.29, 1.82) is 0 Å². The van der Waals surface area contributed by atoms with Crippen molar-refractivity contribution in [3.8, 4) is 0 Å². The first-order valence-electron chi connectivity index (χ1n) is 11.3. The second-order valence-electron chi connectivity index (χ2n) is 9.50. The first kappa shape index (κ1) is 24.3. The highest BCUT2D eigenvalue weighted by atomic mass is 16.2. The summed E-state index contributed by atoms with van der Waals surface area (Å²) in [6.07, 6.45) is 0.0731. The van der Waals surface area contributed by atoms with Gasteiger partial charge in [-0.25, -0.2) is 4.79 Å². The maximum absolute atomic E-state index is 13.6. The van der Waals surface area contributed by atoms with Gasteiger partial charge in [0.05, 0.1) is 5.92 Å². The molecule has 1 aromatic heterocycles. The van der Waals surface area contributed by atoms with E-state index in [2.05, 4.69) is 4.98 Å². The van der Waals surface area contributed by atoms with Crippen LogP contribution in [0.15, 0.2) is 39.9 Å². The highest BCUT2D eigenvalue weighted by Crippen LogP contribution is 2.27. The topological polar surface area (TPSA) is 121 Å². The number of benzene rings is 1. The fraction of sp³-hybridized carbons (Fsp3) is 0.500. The van der Waals surface area contributed by atoms with E-state index in [1.807, 2.05) is 58.0 Å². The molecule has 1 aliphatic rings. The Morgan fingerprint density at radius 1 is 1.12 bits per heavy atom. The van der Waals surface area contributed by atoms with Crippen LogP contribution in [0.2, 0.25) is 0 Å². The van der Waals surface area contributed by atoms with Crippen LogP contribution in [0.1, 0.15) is 39.7 Å². The fourth-order valence-electron chi connectivity index (χ4n) is 4.16. The largest absolute Gasteiger partial charge is 0.383 e. The molecule has 1 fully saturated rings. The number of carbonyl (C=O) groups excluding carboxylic acids is 2. The summed E-state index contributed by atoms with van der Waals surface area (Å²) in [5.41, 5.74) is 5.94. The highest BCUT2D eigenvalue weighted by molar-refractivity contribution is 6.00. The van der Waals surface area contributed by atoms with Crippen molar-refractivity contribution in [3.05, 3.63) is 56.7 Å². The number of nitrogen functional groups attached to an aromatic ring is 1. The van der Waals surface area contributed by atoms with E-state index in [1.54, 1.807) is 4.90 Å². The summed E-state index contributed by atoms with van der Waals surface area (Å²) in [4.78, 5) is 56.7. The zero-order chi connectivity index (χ0) is 24.3. The fourth-order valence-corrected chi connectivity index (χ4v) is 4.16. The van der Waals surface area contributed by atoms with Gasteiger partial charge in [0.25, 0.3) is 5.56 Å². The van der Waals surface area contributed by atoms with Crippen molar-refractivity contribution in [2.75, 3.05) is 23.7 Å². The number of nitrogens with one attached hydrogen (secondary N) is 1. The van der Waals surface area contributed by atoms with Gasteiger partial charge in [-0.05, 0) is 17.4 Å². The van der Waals surface area contributed by atoms with Gasteiger partial charge in [0.2, 0.25) is 11.8 Å². The summed E-state index contributed by atoms with van der Waals surface area (Å²) in [5, 5.41) is 0. The Hall–Kier alpha value is -3.36. The van der Waals surface area contributed by atoms with Crippen LogP contribution >= 0.6 is 0 Å². The summed E-state index contributed by atoms with van der Waals surface area (Å²) < 4.78 is 1.30. The normalized spacial score (nSPS) is 16.1. The zero-order valence-corrected chi connectivity index (χ0v) is 19.7. The average molecular weight is 456 g/mol. The monoisotopic (exact) mass is 455 g/mol. The van der Waals surface area contributed by atoms with Crippen LogP contribution < -0.4 is 21.9 Å². The minimum absolute atomic E-state index is 0.0251. The molecule has 0 radical (unpaired) electrons. The average Bonchev–Trinajstić information content (AvgIpc) is 3.10. The lowest BCUT2D eigenvalue weighted by atomic mass is 10.1. The maximum atomic E-state index is 13.6. The van der Waals surface area contributed by atoms with E-state index >= 15 is 0 Å². The van der Waals surface area contributed by atoms with E-state index in [1.165, 1.54) is 9.47 Å². The number of H-pyrrole nitrogens is 1. The number of carbonyl (C=O) groups is 2. The summed E-state index contributed by atoms with van der Waals surface area (Å²) in [6, 6.07) is 9.59. The molecule has 2 aromatic rings. The lowest BCUT2D eigenvalue weighted by Gasteiger charge is -2.28. The zero-order valence-electron chi connectivity index (χ0n) is 19.7. The molecular formula is C24H33N5O4. The molecule has 0 spiro atoms. The van der Waals surface area contributed by atoms with Crippen LogP contribution in [0.3, 0.4) is 0 Å². The molecule has 2 amide bonds. The van der Waals surface area contributed by atoms with Crippen molar-refractivity contribution in [2.45, 2.75) is 47.2 Å². The van der Waals surface area contributed by atoms with Crippen molar-refractivity contribution >= 4 is 23.3 Å². The molecule has 0 saturated carbocycles. The lowest BCUT2D eigenvalue weighted by Crippen LogP contribution is -2.45. The number of hydrogen-bond donors (Lipinski definition) is 2.